The maximum Gasteiger partial charge on any atom is 0.172 e. The molecule has 1 saturated carbocycles. The van der Waals surface area contributed by atoms with Crippen LogP contribution < -0.4 is 0 Å². The Morgan fingerprint density at radius 1 is 1.32 bits per heavy atom. The smallest absolute Gasteiger partial charge is 0.172 e. The molecule has 0 bridgehead atoms. The van der Waals surface area contributed by atoms with Gasteiger partial charge in [-0.1, -0.05) is 6.42 Å². The fourth-order valence-corrected chi connectivity index (χ4v) is 3.41. The van der Waals surface area contributed by atoms with E-state index in [9.17, 15) is 9.50 Å². The van der Waals surface area contributed by atoms with Crippen molar-refractivity contribution in [2.24, 2.45) is 0 Å². The van der Waals surface area contributed by atoms with E-state index in [1.54, 1.807) is 21.8 Å². The average Bonchev–Trinajstić information content (AvgIpc) is 3.29. The summed E-state index contributed by atoms with van der Waals surface area (Å²) in [4.78, 5) is 8.59. The van der Waals surface area contributed by atoms with Gasteiger partial charge in [-0.2, -0.15) is 5.10 Å². The minimum absolute atomic E-state index is 0.0681. The van der Waals surface area contributed by atoms with Crippen molar-refractivity contribution in [2.75, 3.05) is 0 Å². The summed E-state index contributed by atoms with van der Waals surface area (Å²) in [6.07, 6.45) is 5.22. The summed E-state index contributed by atoms with van der Waals surface area (Å²) in [5, 5.41) is 19.0. The van der Waals surface area contributed by atoms with E-state index in [1.165, 1.54) is 18.5 Å². The molecular weight excluding hydrogens is 323 g/mol. The number of hydrogen-bond acceptors (Lipinski definition) is 5. The van der Waals surface area contributed by atoms with E-state index in [2.05, 4.69) is 20.2 Å². The molecule has 0 aliphatic heterocycles. The van der Waals surface area contributed by atoms with Gasteiger partial charge in [0, 0.05) is 5.92 Å². The van der Waals surface area contributed by atoms with Crippen molar-refractivity contribution in [3.63, 3.8) is 0 Å². The highest BCUT2D eigenvalue weighted by Gasteiger charge is 2.32. The van der Waals surface area contributed by atoms with Crippen LogP contribution in [0.2, 0.25) is 0 Å². The third-order valence-corrected chi connectivity index (χ3v) is 4.64. The van der Waals surface area contributed by atoms with Gasteiger partial charge in [0.1, 0.15) is 30.8 Å². The highest BCUT2D eigenvalue weighted by Crippen LogP contribution is 2.35. The molecule has 2 unspecified atom stereocenters. The van der Waals surface area contributed by atoms with Gasteiger partial charge in [0.2, 0.25) is 0 Å². The maximum absolute atomic E-state index is 13.5. The molecule has 7 nitrogen and oxygen atoms in total. The van der Waals surface area contributed by atoms with E-state index in [1.807, 2.05) is 6.92 Å². The van der Waals surface area contributed by atoms with Gasteiger partial charge in [-0.3, -0.25) is 0 Å². The molecule has 25 heavy (non-hydrogen) atoms. The average molecular weight is 342 g/mol. The molecule has 2 aromatic heterocycles. The van der Waals surface area contributed by atoms with Crippen molar-refractivity contribution in [2.45, 2.75) is 44.8 Å². The number of aliphatic hydroxyl groups is 1. The molecule has 8 heteroatoms. The first-order valence-corrected chi connectivity index (χ1v) is 8.34. The van der Waals surface area contributed by atoms with Gasteiger partial charge in [0.15, 0.2) is 5.82 Å². The summed E-state index contributed by atoms with van der Waals surface area (Å²) in [5.41, 5.74) is 1.54. The lowest BCUT2D eigenvalue weighted by atomic mass is 10.0. The Morgan fingerprint density at radius 2 is 2.20 bits per heavy atom. The normalized spacial score (nSPS) is 20.3. The summed E-state index contributed by atoms with van der Waals surface area (Å²) in [7, 11) is 0. The molecule has 3 aromatic rings. The molecule has 2 atom stereocenters. The predicted molar refractivity (Wildman–Crippen MR) is 87.8 cm³/mol. The van der Waals surface area contributed by atoms with Crippen LogP contribution in [0, 0.1) is 12.7 Å². The first-order valence-electron chi connectivity index (χ1n) is 8.34. The Bertz CT molecular complexity index is 875. The second-order valence-electron chi connectivity index (χ2n) is 6.43. The molecule has 1 fully saturated rings. The molecule has 1 aliphatic carbocycles. The summed E-state index contributed by atoms with van der Waals surface area (Å²) < 4.78 is 16.9. The minimum Gasteiger partial charge on any atom is -0.392 e. The standard InChI is InChI=1S/C17H19FN6O/c1-11-7-12(18)5-6-14(11)24-17(13-3-2-4-15(13)25)21-16(22-24)8-23-10-19-9-20-23/h5-7,9-10,13,15,25H,2-4,8H2,1H3. The SMILES string of the molecule is Cc1cc(F)ccc1-n1nc(Cn2cncn2)nc1C1CCCC1O. The van der Waals surface area contributed by atoms with Gasteiger partial charge in [0.05, 0.1) is 11.8 Å². The summed E-state index contributed by atoms with van der Waals surface area (Å²) in [6, 6.07) is 4.59. The van der Waals surface area contributed by atoms with E-state index < -0.39 is 6.10 Å². The van der Waals surface area contributed by atoms with Crippen LogP contribution in [0.15, 0.2) is 30.9 Å². The van der Waals surface area contributed by atoms with Crippen molar-refractivity contribution in [3.8, 4) is 5.69 Å². The van der Waals surface area contributed by atoms with Crippen molar-refractivity contribution in [1.29, 1.82) is 0 Å². The van der Waals surface area contributed by atoms with Crippen molar-refractivity contribution < 1.29 is 9.50 Å². The van der Waals surface area contributed by atoms with E-state index >= 15 is 0 Å². The molecular formula is C17H19FN6O. The van der Waals surface area contributed by atoms with Crippen LogP contribution in [0.3, 0.4) is 0 Å². The lowest BCUT2D eigenvalue weighted by molar-refractivity contribution is 0.159. The van der Waals surface area contributed by atoms with Crippen LogP contribution in [0.4, 0.5) is 4.39 Å². The number of rotatable bonds is 4. The molecule has 1 aromatic carbocycles. The van der Waals surface area contributed by atoms with Crippen LogP contribution in [-0.4, -0.2) is 40.7 Å². The molecule has 4 rings (SSSR count). The molecule has 0 amide bonds. The number of benzene rings is 1. The second-order valence-corrected chi connectivity index (χ2v) is 6.43. The molecule has 130 valence electrons. The van der Waals surface area contributed by atoms with Crippen molar-refractivity contribution in [3.05, 3.63) is 53.9 Å². The van der Waals surface area contributed by atoms with Gasteiger partial charge >= 0.3 is 0 Å². The monoisotopic (exact) mass is 342 g/mol. The van der Waals surface area contributed by atoms with Gasteiger partial charge in [-0.05, 0) is 43.5 Å². The van der Waals surface area contributed by atoms with Crippen LogP contribution >= 0.6 is 0 Å². The molecule has 0 radical (unpaired) electrons. The highest BCUT2D eigenvalue weighted by atomic mass is 19.1. The first kappa shape index (κ1) is 15.9. The van der Waals surface area contributed by atoms with Crippen molar-refractivity contribution in [1.82, 2.24) is 29.5 Å². The van der Waals surface area contributed by atoms with Crippen molar-refractivity contribution >= 4 is 0 Å². The number of hydrogen-bond donors (Lipinski definition) is 1. The van der Waals surface area contributed by atoms with Crippen LogP contribution in [0.5, 0.6) is 0 Å². The van der Waals surface area contributed by atoms with Gasteiger partial charge in [-0.25, -0.2) is 23.7 Å². The Balaban J connectivity index is 1.78. The number of halogens is 1. The van der Waals surface area contributed by atoms with E-state index in [-0.39, 0.29) is 11.7 Å². The fourth-order valence-electron chi connectivity index (χ4n) is 3.41. The summed E-state index contributed by atoms with van der Waals surface area (Å²) in [6.45, 7) is 2.23. The molecule has 1 aliphatic rings. The Morgan fingerprint density at radius 3 is 2.88 bits per heavy atom. The number of aliphatic hydroxyl groups excluding tert-OH is 1. The van der Waals surface area contributed by atoms with Gasteiger partial charge in [0.25, 0.3) is 0 Å². The number of aromatic nitrogens is 6. The molecule has 2 heterocycles. The lowest BCUT2D eigenvalue weighted by Gasteiger charge is -2.16. The minimum atomic E-state index is -0.428. The zero-order valence-electron chi connectivity index (χ0n) is 13.9. The Labute approximate surface area is 144 Å². The quantitative estimate of drug-likeness (QED) is 0.784. The highest BCUT2D eigenvalue weighted by molar-refractivity contribution is 5.41. The number of nitrogens with zero attached hydrogens (tertiary/aromatic N) is 6. The fraction of sp³-hybridized carbons (Fsp3) is 0.412. The summed E-state index contributed by atoms with van der Waals surface area (Å²) >= 11 is 0. The van der Waals surface area contributed by atoms with Crippen LogP contribution in [-0.2, 0) is 6.54 Å². The zero-order chi connectivity index (χ0) is 17.4. The van der Waals surface area contributed by atoms with E-state index in [4.69, 9.17) is 0 Å². The largest absolute Gasteiger partial charge is 0.392 e. The first-order chi connectivity index (χ1) is 12.1. The Hall–Kier alpha value is -2.61. The topological polar surface area (TPSA) is 81.7 Å². The molecule has 0 saturated heterocycles. The number of aryl methyl sites for hydroxylation is 1. The van der Waals surface area contributed by atoms with Gasteiger partial charge < -0.3 is 5.11 Å². The lowest BCUT2D eigenvalue weighted by Crippen LogP contribution is -2.17. The third-order valence-electron chi connectivity index (χ3n) is 4.64. The maximum atomic E-state index is 13.5. The van der Waals surface area contributed by atoms with Gasteiger partial charge in [-0.15, -0.1) is 5.10 Å². The third kappa shape index (κ3) is 3.05. The van der Waals surface area contributed by atoms with E-state index in [0.717, 1.165) is 36.3 Å². The van der Waals surface area contributed by atoms with Crippen LogP contribution in [0.1, 0.15) is 42.4 Å². The summed E-state index contributed by atoms with van der Waals surface area (Å²) in [5.74, 6) is 0.950. The molecule has 1 N–H and O–H groups in total. The second kappa shape index (κ2) is 6.36. The predicted octanol–water partition coefficient (Wildman–Crippen LogP) is 1.98. The van der Waals surface area contributed by atoms with Crippen LogP contribution in [0.25, 0.3) is 5.69 Å². The van der Waals surface area contributed by atoms with E-state index in [0.29, 0.717) is 12.4 Å². The molecule has 0 spiro atoms. The zero-order valence-corrected chi connectivity index (χ0v) is 13.9. The Kier molecular flexibility index (Phi) is 4.04.